The SMILES string of the molecule is CCN(CC)CCSC(=O)C(O)(c1ccc(C)cc1)c1ccc(C)cc1.Cl. The Balaban J connectivity index is 0.00000364. The van der Waals surface area contributed by atoms with Crippen molar-refractivity contribution in [3.63, 3.8) is 0 Å². The van der Waals surface area contributed by atoms with Gasteiger partial charge in [0, 0.05) is 12.3 Å². The summed E-state index contributed by atoms with van der Waals surface area (Å²) in [6.07, 6.45) is 0. The monoisotopic (exact) mass is 407 g/mol. The Morgan fingerprint density at radius 1 is 0.926 bits per heavy atom. The van der Waals surface area contributed by atoms with Crippen LogP contribution in [0.3, 0.4) is 0 Å². The average molecular weight is 408 g/mol. The van der Waals surface area contributed by atoms with Crippen molar-refractivity contribution >= 4 is 29.3 Å². The zero-order valence-corrected chi connectivity index (χ0v) is 18.2. The zero-order chi connectivity index (χ0) is 19.2. The summed E-state index contributed by atoms with van der Waals surface area (Å²) in [7, 11) is 0. The van der Waals surface area contributed by atoms with E-state index in [1.54, 1.807) is 0 Å². The maximum atomic E-state index is 13.1. The number of hydrogen-bond acceptors (Lipinski definition) is 4. The van der Waals surface area contributed by atoms with E-state index in [9.17, 15) is 9.90 Å². The average Bonchev–Trinajstić information content (AvgIpc) is 2.65. The van der Waals surface area contributed by atoms with Crippen LogP contribution in [0, 0.1) is 13.8 Å². The van der Waals surface area contributed by atoms with Gasteiger partial charge in [-0.1, -0.05) is 85.3 Å². The van der Waals surface area contributed by atoms with Crippen molar-refractivity contribution in [3.8, 4) is 0 Å². The summed E-state index contributed by atoms with van der Waals surface area (Å²) >= 11 is 1.21. The molecule has 0 bridgehead atoms. The summed E-state index contributed by atoms with van der Waals surface area (Å²) < 4.78 is 0. The molecular formula is C22H30ClNO2S. The van der Waals surface area contributed by atoms with Crippen LogP contribution < -0.4 is 0 Å². The number of hydrogen-bond donors (Lipinski definition) is 1. The second-order valence-corrected chi connectivity index (χ2v) is 7.67. The number of thioether (sulfide) groups is 1. The molecule has 27 heavy (non-hydrogen) atoms. The van der Waals surface area contributed by atoms with Gasteiger partial charge < -0.3 is 10.0 Å². The van der Waals surface area contributed by atoms with Gasteiger partial charge >= 0.3 is 0 Å². The van der Waals surface area contributed by atoms with Crippen LogP contribution in [0.4, 0.5) is 0 Å². The van der Waals surface area contributed by atoms with Crippen molar-refractivity contribution in [3.05, 3.63) is 70.8 Å². The molecule has 0 saturated carbocycles. The van der Waals surface area contributed by atoms with E-state index in [1.165, 1.54) is 11.8 Å². The highest BCUT2D eigenvalue weighted by molar-refractivity contribution is 8.13. The number of aryl methyl sites for hydroxylation is 2. The maximum absolute atomic E-state index is 13.1. The van der Waals surface area contributed by atoms with Crippen molar-refractivity contribution in [1.82, 2.24) is 4.90 Å². The number of rotatable bonds is 8. The first kappa shape index (κ1) is 23.7. The summed E-state index contributed by atoms with van der Waals surface area (Å²) in [5.41, 5.74) is 1.80. The van der Waals surface area contributed by atoms with Crippen molar-refractivity contribution in [1.29, 1.82) is 0 Å². The molecule has 5 heteroatoms. The number of aliphatic hydroxyl groups is 1. The Morgan fingerprint density at radius 2 is 1.33 bits per heavy atom. The number of halogens is 1. The minimum absolute atomic E-state index is 0. The van der Waals surface area contributed by atoms with Gasteiger partial charge in [-0.05, 0) is 38.1 Å². The molecular weight excluding hydrogens is 378 g/mol. The molecule has 0 atom stereocenters. The second-order valence-electron chi connectivity index (χ2n) is 6.61. The first-order valence-electron chi connectivity index (χ1n) is 9.18. The number of carbonyl (C=O) groups excluding carboxylic acids is 1. The van der Waals surface area contributed by atoms with Crippen LogP contribution in [0.2, 0.25) is 0 Å². The third-order valence-electron chi connectivity index (χ3n) is 4.77. The van der Waals surface area contributed by atoms with Gasteiger partial charge in [0.25, 0.3) is 0 Å². The number of carbonyl (C=O) groups is 1. The third-order valence-corrected chi connectivity index (χ3v) is 5.71. The normalized spacial score (nSPS) is 11.3. The van der Waals surface area contributed by atoms with Crippen LogP contribution in [-0.4, -0.2) is 40.5 Å². The van der Waals surface area contributed by atoms with Gasteiger partial charge in [-0.3, -0.25) is 4.79 Å². The molecule has 0 aliphatic carbocycles. The molecule has 0 aromatic heterocycles. The highest BCUT2D eigenvalue weighted by Crippen LogP contribution is 2.35. The lowest BCUT2D eigenvalue weighted by atomic mass is 9.86. The zero-order valence-electron chi connectivity index (χ0n) is 16.6. The van der Waals surface area contributed by atoms with Gasteiger partial charge in [0.15, 0.2) is 5.60 Å². The molecule has 0 spiro atoms. The van der Waals surface area contributed by atoms with E-state index in [1.807, 2.05) is 62.4 Å². The van der Waals surface area contributed by atoms with Crippen LogP contribution in [0.1, 0.15) is 36.1 Å². The second kappa shape index (κ2) is 10.9. The Labute approximate surface area is 173 Å². The molecule has 0 unspecified atom stereocenters. The number of nitrogens with zero attached hydrogens (tertiary/aromatic N) is 1. The fourth-order valence-corrected chi connectivity index (χ4v) is 3.88. The lowest BCUT2D eigenvalue weighted by Gasteiger charge is -2.28. The van der Waals surface area contributed by atoms with E-state index < -0.39 is 5.60 Å². The molecule has 0 aliphatic heterocycles. The van der Waals surface area contributed by atoms with E-state index in [0.717, 1.165) is 30.8 Å². The summed E-state index contributed by atoms with van der Waals surface area (Å²) in [4.78, 5) is 15.4. The van der Waals surface area contributed by atoms with Crippen LogP contribution in [0.15, 0.2) is 48.5 Å². The largest absolute Gasteiger partial charge is 0.372 e. The topological polar surface area (TPSA) is 40.5 Å². The van der Waals surface area contributed by atoms with Crippen LogP contribution in [0.25, 0.3) is 0 Å². The number of benzene rings is 2. The predicted molar refractivity (Wildman–Crippen MR) is 118 cm³/mol. The molecule has 0 fully saturated rings. The minimum Gasteiger partial charge on any atom is -0.372 e. The molecule has 0 amide bonds. The molecule has 0 saturated heterocycles. The van der Waals surface area contributed by atoms with E-state index in [2.05, 4.69) is 18.7 Å². The Kier molecular flexibility index (Phi) is 9.54. The van der Waals surface area contributed by atoms with Crippen LogP contribution in [0.5, 0.6) is 0 Å². The van der Waals surface area contributed by atoms with Gasteiger partial charge in [-0.25, -0.2) is 0 Å². The summed E-state index contributed by atoms with van der Waals surface area (Å²) in [5, 5.41) is 11.3. The van der Waals surface area contributed by atoms with Gasteiger partial charge in [-0.2, -0.15) is 0 Å². The Bertz CT molecular complexity index is 667. The fraction of sp³-hybridized carbons (Fsp3) is 0.409. The molecule has 2 aromatic carbocycles. The van der Waals surface area contributed by atoms with E-state index >= 15 is 0 Å². The molecule has 3 nitrogen and oxygen atoms in total. The fourth-order valence-electron chi connectivity index (χ4n) is 2.90. The molecule has 0 heterocycles. The lowest BCUT2D eigenvalue weighted by molar-refractivity contribution is -0.124. The minimum atomic E-state index is -1.63. The lowest BCUT2D eigenvalue weighted by Crippen LogP contribution is -2.36. The quantitative estimate of drug-likeness (QED) is 0.696. The van der Waals surface area contributed by atoms with Crippen molar-refractivity contribution in [2.75, 3.05) is 25.4 Å². The summed E-state index contributed by atoms with van der Waals surface area (Å²) in [6, 6.07) is 15.1. The molecule has 2 rings (SSSR count). The Hall–Kier alpha value is -1.33. The Morgan fingerprint density at radius 3 is 1.70 bits per heavy atom. The van der Waals surface area contributed by atoms with E-state index in [4.69, 9.17) is 0 Å². The van der Waals surface area contributed by atoms with Crippen molar-refractivity contribution in [2.45, 2.75) is 33.3 Å². The standard InChI is InChI=1S/C22H29NO2S.ClH/c1-5-23(6-2)15-16-26-21(24)22(25,19-11-7-17(3)8-12-19)20-13-9-18(4)10-14-20;/h7-14,25H,5-6,15-16H2,1-4H3;1H. The highest BCUT2D eigenvalue weighted by atomic mass is 35.5. The smallest absolute Gasteiger partial charge is 0.229 e. The maximum Gasteiger partial charge on any atom is 0.229 e. The van der Waals surface area contributed by atoms with Crippen LogP contribution >= 0.6 is 24.2 Å². The van der Waals surface area contributed by atoms with Gasteiger partial charge in [-0.15, -0.1) is 12.4 Å². The molecule has 2 aromatic rings. The molecule has 0 radical (unpaired) electrons. The molecule has 0 aliphatic rings. The van der Waals surface area contributed by atoms with Gasteiger partial charge in [0.1, 0.15) is 0 Å². The van der Waals surface area contributed by atoms with E-state index in [-0.39, 0.29) is 17.5 Å². The summed E-state index contributed by atoms with van der Waals surface area (Å²) in [5.74, 6) is 0.667. The van der Waals surface area contributed by atoms with Crippen LogP contribution in [-0.2, 0) is 10.4 Å². The first-order chi connectivity index (χ1) is 12.4. The van der Waals surface area contributed by atoms with Crippen molar-refractivity contribution < 1.29 is 9.90 Å². The van der Waals surface area contributed by atoms with Crippen molar-refractivity contribution in [2.24, 2.45) is 0 Å². The van der Waals surface area contributed by atoms with Gasteiger partial charge in [0.2, 0.25) is 5.12 Å². The highest BCUT2D eigenvalue weighted by Gasteiger charge is 2.39. The third kappa shape index (κ3) is 5.82. The molecule has 148 valence electrons. The van der Waals surface area contributed by atoms with Gasteiger partial charge in [0.05, 0.1) is 0 Å². The molecule has 1 N–H and O–H groups in total. The predicted octanol–water partition coefficient (Wildman–Crippen LogP) is 4.56. The van der Waals surface area contributed by atoms with E-state index in [0.29, 0.717) is 16.9 Å². The first-order valence-corrected chi connectivity index (χ1v) is 10.2. The summed E-state index contributed by atoms with van der Waals surface area (Å²) in [6.45, 7) is 11.0.